The van der Waals surface area contributed by atoms with Crippen molar-refractivity contribution in [3.63, 3.8) is 0 Å². The zero-order chi connectivity index (χ0) is 14.8. The van der Waals surface area contributed by atoms with Crippen LogP contribution >= 0.6 is 0 Å². The predicted octanol–water partition coefficient (Wildman–Crippen LogP) is 1.51. The first-order valence-corrected chi connectivity index (χ1v) is 6.29. The van der Waals surface area contributed by atoms with Crippen molar-refractivity contribution in [3.8, 4) is 0 Å². The number of aliphatic carboxylic acids is 1. The van der Waals surface area contributed by atoms with E-state index in [0.717, 1.165) is 0 Å². The molecule has 0 aliphatic heterocycles. The summed E-state index contributed by atoms with van der Waals surface area (Å²) in [5.74, 6) is -1.34. The number of amides is 1. The molecule has 0 aliphatic carbocycles. The monoisotopic (exact) mass is 258 g/mol. The quantitative estimate of drug-likeness (QED) is 0.673. The van der Waals surface area contributed by atoms with Crippen molar-refractivity contribution in [2.24, 2.45) is 11.1 Å². The molecule has 0 saturated heterocycles. The standard InChI is InChI=1S/C13H26N2O3/c1-7-13(8-2,10(17)18)15-9(16)11(3,4)12(5,6)14/h7-8,14H2,1-6H3,(H,15,16)(H,17,18). The third kappa shape index (κ3) is 3.02. The van der Waals surface area contributed by atoms with Gasteiger partial charge in [-0.1, -0.05) is 13.8 Å². The molecule has 5 nitrogen and oxygen atoms in total. The molecule has 0 saturated carbocycles. The van der Waals surface area contributed by atoms with Crippen LogP contribution in [0.5, 0.6) is 0 Å². The van der Waals surface area contributed by atoms with Gasteiger partial charge in [0.05, 0.1) is 5.41 Å². The lowest BCUT2D eigenvalue weighted by atomic mass is 9.73. The van der Waals surface area contributed by atoms with Crippen molar-refractivity contribution in [1.82, 2.24) is 5.32 Å². The summed E-state index contributed by atoms with van der Waals surface area (Å²) in [6.07, 6.45) is 0.678. The number of carbonyl (C=O) groups is 2. The van der Waals surface area contributed by atoms with Gasteiger partial charge in [0.25, 0.3) is 0 Å². The summed E-state index contributed by atoms with van der Waals surface area (Å²) < 4.78 is 0. The van der Waals surface area contributed by atoms with Gasteiger partial charge in [-0.05, 0) is 40.5 Å². The minimum atomic E-state index is -1.21. The van der Waals surface area contributed by atoms with E-state index in [1.54, 1.807) is 41.5 Å². The molecule has 106 valence electrons. The molecule has 0 heterocycles. The highest BCUT2D eigenvalue weighted by molar-refractivity contribution is 5.90. The van der Waals surface area contributed by atoms with Gasteiger partial charge in [-0.3, -0.25) is 4.79 Å². The van der Waals surface area contributed by atoms with E-state index in [9.17, 15) is 14.7 Å². The fourth-order valence-corrected chi connectivity index (χ4v) is 1.45. The molecule has 0 bridgehead atoms. The SMILES string of the molecule is CCC(CC)(NC(=O)C(C)(C)C(C)(C)N)C(=O)O. The van der Waals surface area contributed by atoms with Gasteiger partial charge >= 0.3 is 5.97 Å². The van der Waals surface area contributed by atoms with Crippen LogP contribution in [0.1, 0.15) is 54.4 Å². The summed E-state index contributed by atoms with van der Waals surface area (Å²) in [5.41, 5.74) is 3.19. The molecule has 0 radical (unpaired) electrons. The lowest BCUT2D eigenvalue weighted by Gasteiger charge is -2.40. The minimum absolute atomic E-state index is 0.332. The van der Waals surface area contributed by atoms with Crippen LogP contribution in [0.4, 0.5) is 0 Å². The summed E-state index contributed by atoms with van der Waals surface area (Å²) in [5, 5.41) is 12.0. The number of carboxylic acids is 1. The third-order valence-corrected chi connectivity index (χ3v) is 4.15. The minimum Gasteiger partial charge on any atom is -0.480 e. The molecular formula is C13H26N2O3. The van der Waals surface area contributed by atoms with Crippen molar-refractivity contribution in [2.45, 2.75) is 65.5 Å². The molecule has 4 N–H and O–H groups in total. The summed E-state index contributed by atoms with van der Waals surface area (Å²) in [4.78, 5) is 23.6. The van der Waals surface area contributed by atoms with Crippen LogP contribution < -0.4 is 11.1 Å². The number of rotatable bonds is 6. The second-order valence-electron chi connectivity index (χ2n) is 5.90. The zero-order valence-electron chi connectivity index (χ0n) is 12.3. The Hall–Kier alpha value is -1.10. The summed E-state index contributed by atoms with van der Waals surface area (Å²) >= 11 is 0. The third-order valence-electron chi connectivity index (χ3n) is 4.15. The van der Waals surface area contributed by atoms with Gasteiger partial charge in [0.15, 0.2) is 0 Å². The van der Waals surface area contributed by atoms with Gasteiger partial charge in [0, 0.05) is 5.54 Å². The Balaban J connectivity index is 5.22. The van der Waals surface area contributed by atoms with E-state index in [1.807, 2.05) is 0 Å². The second kappa shape index (κ2) is 5.26. The van der Waals surface area contributed by atoms with Crippen molar-refractivity contribution in [3.05, 3.63) is 0 Å². The van der Waals surface area contributed by atoms with Crippen LogP contribution in [0.3, 0.4) is 0 Å². The maximum absolute atomic E-state index is 12.3. The molecule has 18 heavy (non-hydrogen) atoms. The van der Waals surface area contributed by atoms with E-state index in [-0.39, 0.29) is 5.91 Å². The highest BCUT2D eigenvalue weighted by atomic mass is 16.4. The fourth-order valence-electron chi connectivity index (χ4n) is 1.45. The van der Waals surface area contributed by atoms with Gasteiger partial charge in [-0.15, -0.1) is 0 Å². The van der Waals surface area contributed by atoms with Gasteiger partial charge in [-0.2, -0.15) is 0 Å². The maximum atomic E-state index is 12.3. The number of nitrogens with two attached hydrogens (primary N) is 1. The van der Waals surface area contributed by atoms with E-state index in [1.165, 1.54) is 0 Å². The van der Waals surface area contributed by atoms with Gasteiger partial charge in [0.1, 0.15) is 5.54 Å². The van der Waals surface area contributed by atoms with Crippen molar-refractivity contribution in [2.75, 3.05) is 0 Å². The number of hydrogen-bond acceptors (Lipinski definition) is 3. The van der Waals surface area contributed by atoms with Crippen molar-refractivity contribution < 1.29 is 14.7 Å². The van der Waals surface area contributed by atoms with Crippen molar-refractivity contribution >= 4 is 11.9 Å². The molecule has 0 aromatic rings. The first-order valence-electron chi connectivity index (χ1n) is 6.29. The van der Waals surface area contributed by atoms with Gasteiger partial charge < -0.3 is 16.2 Å². The number of nitrogens with one attached hydrogen (secondary N) is 1. The number of carbonyl (C=O) groups excluding carboxylic acids is 1. The Bertz CT molecular complexity index is 326. The van der Waals surface area contributed by atoms with Crippen molar-refractivity contribution in [1.29, 1.82) is 0 Å². The summed E-state index contributed by atoms with van der Waals surface area (Å²) in [6.45, 7) is 10.5. The normalized spacial score (nSPS) is 13.3. The predicted molar refractivity (Wildman–Crippen MR) is 71.1 cm³/mol. The second-order valence-corrected chi connectivity index (χ2v) is 5.90. The van der Waals surface area contributed by atoms with Crippen LogP contribution in [-0.2, 0) is 9.59 Å². The van der Waals surface area contributed by atoms with Gasteiger partial charge in [0.2, 0.25) is 5.91 Å². The fraction of sp³-hybridized carbons (Fsp3) is 0.846. The van der Waals surface area contributed by atoms with Crippen LogP contribution in [-0.4, -0.2) is 28.1 Å². The number of carboxylic acid groups (broad SMARTS) is 1. The Morgan fingerprint density at radius 3 is 1.72 bits per heavy atom. The van der Waals surface area contributed by atoms with E-state index in [4.69, 9.17) is 5.73 Å². The summed E-state index contributed by atoms with van der Waals surface area (Å²) in [6, 6.07) is 0. The molecular weight excluding hydrogens is 232 g/mol. The Morgan fingerprint density at radius 1 is 1.11 bits per heavy atom. The number of hydrogen-bond donors (Lipinski definition) is 3. The first kappa shape index (κ1) is 16.9. The highest BCUT2D eigenvalue weighted by Crippen LogP contribution is 2.30. The molecule has 5 heteroatoms. The van der Waals surface area contributed by atoms with E-state index >= 15 is 0 Å². The topological polar surface area (TPSA) is 92.4 Å². The van der Waals surface area contributed by atoms with E-state index < -0.39 is 22.5 Å². The lowest BCUT2D eigenvalue weighted by molar-refractivity contribution is -0.150. The molecule has 0 unspecified atom stereocenters. The first-order chi connectivity index (χ1) is 7.94. The Kier molecular flexibility index (Phi) is 4.94. The zero-order valence-corrected chi connectivity index (χ0v) is 12.3. The Labute approximate surface area is 109 Å². The highest BCUT2D eigenvalue weighted by Gasteiger charge is 2.45. The average Bonchev–Trinajstić information content (AvgIpc) is 2.23. The van der Waals surface area contributed by atoms with E-state index in [0.29, 0.717) is 12.8 Å². The molecule has 1 amide bonds. The molecule has 0 aromatic carbocycles. The molecule has 0 aliphatic rings. The molecule has 0 spiro atoms. The molecule has 0 aromatic heterocycles. The molecule has 0 fully saturated rings. The van der Waals surface area contributed by atoms with E-state index in [2.05, 4.69) is 5.32 Å². The van der Waals surface area contributed by atoms with Crippen LogP contribution in [0.15, 0.2) is 0 Å². The van der Waals surface area contributed by atoms with Gasteiger partial charge in [-0.25, -0.2) is 4.79 Å². The van der Waals surface area contributed by atoms with Crippen LogP contribution in [0, 0.1) is 5.41 Å². The summed E-state index contributed by atoms with van der Waals surface area (Å²) in [7, 11) is 0. The Morgan fingerprint density at radius 2 is 1.50 bits per heavy atom. The van der Waals surface area contributed by atoms with Crippen LogP contribution in [0.25, 0.3) is 0 Å². The molecule has 0 rings (SSSR count). The average molecular weight is 258 g/mol. The molecule has 0 atom stereocenters. The smallest absolute Gasteiger partial charge is 0.329 e. The lowest BCUT2D eigenvalue weighted by Crippen LogP contribution is -2.62. The largest absolute Gasteiger partial charge is 0.480 e. The maximum Gasteiger partial charge on any atom is 0.329 e. The van der Waals surface area contributed by atoms with Crippen LogP contribution in [0.2, 0.25) is 0 Å².